The van der Waals surface area contributed by atoms with Gasteiger partial charge in [0.1, 0.15) is 17.2 Å². The van der Waals surface area contributed by atoms with Gasteiger partial charge in [-0.05, 0) is 13.8 Å². The zero-order chi connectivity index (χ0) is 13.3. The average Bonchev–Trinajstić information content (AvgIpc) is 2.88. The van der Waals surface area contributed by atoms with Gasteiger partial charge in [0.15, 0.2) is 0 Å². The quantitative estimate of drug-likeness (QED) is 0.848. The number of hydrogen-bond donors (Lipinski definition) is 2. The van der Waals surface area contributed by atoms with Gasteiger partial charge in [0, 0.05) is 19.2 Å². The summed E-state index contributed by atoms with van der Waals surface area (Å²) < 4.78 is 3.18. The Morgan fingerprint density at radius 3 is 2.72 bits per heavy atom. The van der Waals surface area contributed by atoms with E-state index < -0.39 is 0 Å². The number of amides is 1. The minimum atomic E-state index is -0.289. The van der Waals surface area contributed by atoms with Crippen molar-refractivity contribution in [2.24, 2.45) is 7.05 Å². The number of aromatic nitrogens is 4. The van der Waals surface area contributed by atoms with Gasteiger partial charge in [0.25, 0.3) is 5.91 Å². The van der Waals surface area contributed by atoms with Gasteiger partial charge >= 0.3 is 0 Å². The van der Waals surface area contributed by atoms with Gasteiger partial charge in [0.05, 0.1) is 12.4 Å². The predicted octanol–water partition coefficient (Wildman–Crippen LogP) is 1.03. The summed E-state index contributed by atoms with van der Waals surface area (Å²) in [7, 11) is 1.69. The van der Waals surface area contributed by atoms with E-state index in [1.165, 1.54) is 10.9 Å². The molecule has 0 aliphatic carbocycles. The maximum Gasteiger partial charge on any atom is 0.262 e. The summed E-state index contributed by atoms with van der Waals surface area (Å²) in [5.41, 5.74) is 6.10. The Morgan fingerprint density at radius 2 is 2.17 bits per heavy atom. The van der Waals surface area contributed by atoms with Crippen molar-refractivity contribution < 1.29 is 4.79 Å². The second kappa shape index (κ2) is 4.52. The molecule has 1 amide bonds. The van der Waals surface area contributed by atoms with E-state index in [9.17, 15) is 4.79 Å². The number of nitrogens with one attached hydrogen (secondary N) is 1. The number of anilines is 2. The molecule has 0 unspecified atom stereocenters. The molecule has 7 heteroatoms. The number of aryl methyl sites for hydroxylation is 1. The number of carbonyl (C=O) groups is 1. The second-order valence-electron chi connectivity index (χ2n) is 4.28. The molecule has 0 bridgehead atoms. The number of nitrogens with zero attached hydrogens (tertiary/aromatic N) is 4. The number of rotatable bonds is 3. The largest absolute Gasteiger partial charge is 0.383 e. The molecule has 0 aliphatic heterocycles. The van der Waals surface area contributed by atoms with Gasteiger partial charge in [-0.15, -0.1) is 0 Å². The molecule has 0 spiro atoms. The molecule has 96 valence electrons. The molecule has 7 nitrogen and oxygen atoms in total. The lowest BCUT2D eigenvalue weighted by molar-refractivity contribution is 0.102. The van der Waals surface area contributed by atoms with Crippen LogP contribution in [0.15, 0.2) is 18.5 Å². The van der Waals surface area contributed by atoms with Crippen LogP contribution in [0.25, 0.3) is 0 Å². The molecule has 18 heavy (non-hydrogen) atoms. The summed E-state index contributed by atoms with van der Waals surface area (Å²) >= 11 is 0. The molecule has 0 saturated carbocycles. The topological polar surface area (TPSA) is 90.8 Å². The van der Waals surface area contributed by atoms with Crippen molar-refractivity contribution in [1.29, 1.82) is 0 Å². The number of carbonyl (C=O) groups excluding carboxylic acids is 1. The van der Waals surface area contributed by atoms with Crippen LogP contribution in [0, 0.1) is 0 Å². The van der Waals surface area contributed by atoms with Crippen molar-refractivity contribution in [2.45, 2.75) is 19.9 Å². The monoisotopic (exact) mass is 248 g/mol. The van der Waals surface area contributed by atoms with Gasteiger partial charge in [-0.3, -0.25) is 9.48 Å². The molecule has 2 aromatic heterocycles. The van der Waals surface area contributed by atoms with Crippen LogP contribution < -0.4 is 11.1 Å². The molecular weight excluding hydrogens is 232 g/mol. The van der Waals surface area contributed by atoms with E-state index in [2.05, 4.69) is 15.5 Å². The van der Waals surface area contributed by atoms with Crippen molar-refractivity contribution in [3.63, 3.8) is 0 Å². The standard InChI is InChI=1S/C11H16N6O/c1-7(2)17-9(4-5-13-17)15-11(18)8-6-14-16(3)10(8)12/h4-7H,12H2,1-3H3,(H,15,18). The molecule has 0 aromatic carbocycles. The van der Waals surface area contributed by atoms with Gasteiger partial charge in [-0.1, -0.05) is 0 Å². The second-order valence-corrected chi connectivity index (χ2v) is 4.28. The summed E-state index contributed by atoms with van der Waals surface area (Å²) in [6.07, 6.45) is 3.09. The van der Waals surface area contributed by atoms with Crippen molar-refractivity contribution in [3.8, 4) is 0 Å². The van der Waals surface area contributed by atoms with E-state index in [1.54, 1.807) is 24.0 Å². The first-order valence-electron chi connectivity index (χ1n) is 5.63. The Labute approximate surface area is 105 Å². The molecule has 0 aliphatic rings. The first kappa shape index (κ1) is 12.2. The van der Waals surface area contributed by atoms with Crippen LogP contribution in [0.5, 0.6) is 0 Å². The highest BCUT2D eigenvalue weighted by Crippen LogP contribution is 2.16. The minimum absolute atomic E-state index is 0.168. The Bertz CT molecular complexity index is 568. The molecule has 2 heterocycles. The highest BCUT2D eigenvalue weighted by molar-refractivity contribution is 6.06. The summed E-state index contributed by atoms with van der Waals surface area (Å²) in [6, 6.07) is 1.91. The Hall–Kier alpha value is -2.31. The average molecular weight is 248 g/mol. The lowest BCUT2D eigenvalue weighted by Crippen LogP contribution is -2.17. The summed E-state index contributed by atoms with van der Waals surface area (Å²) in [5, 5.41) is 10.8. The van der Waals surface area contributed by atoms with Crippen LogP contribution in [0.4, 0.5) is 11.6 Å². The van der Waals surface area contributed by atoms with Gasteiger partial charge in [-0.2, -0.15) is 10.2 Å². The Morgan fingerprint density at radius 1 is 1.44 bits per heavy atom. The highest BCUT2D eigenvalue weighted by atomic mass is 16.1. The summed E-state index contributed by atoms with van der Waals surface area (Å²) in [5.74, 6) is 0.685. The van der Waals surface area contributed by atoms with Crippen molar-refractivity contribution >= 4 is 17.5 Å². The normalized spacial score (nSPS) is 10.9. The first-order chi connectivity index (χ1) is 8.50. The molecule has 0 saturated heterocycles. The number of hydrogen-bond acceptors (Lipinski definition) is 4. The van der Waals surface area contributed by atoms with E-state index in [0.29, 0.717) is 17.2 Å². The zero-order valence-electron chi connectivity index (χ0n) is 10.6. The maximum atomic E-state index is 12.0. The van der Waals surface area contributed by atoms with Gasteiger partial charge in [0.2, 0.25) is 0 Å². The molecular formula is C11H16N6O. The third-order valence-corrected chi connectivity index (χ3v) is 2.63. The molecule has 2 aromatic rings. The smallest absolute Gasteiger partial charge is 0.262 e. The van der Waals surface area contributed by atoms with Crippen LogP contribution in [0.2, 0.25) is 0 Å². The SMILES string of the molecule is CC(C)n1nccc1NC(=O)c1cnn(C)c1N. The fraction of sp³-hybridized carbons (Fsp3) is 0.364. The van der Waals surface area contributed by atoms with Gasteiger partial charge in [-0.25, -0.2) is 4.68 Å². The van der Waals surface area contributed by atoms with Crippen molar-refractivity contribution in [2.75, 3.05) is 11.1 Å². The Balaban J connectivity index is 2.22. The van der Waals surface area contributed by atoms with Gasteiger partial charge < -0.3 is 11.1 Å². The number of nitrogens with two attached hydrogens (primary N) is 1. The van der Waals surface area contributed by atoms with E-state index in [0.717, 1.165) is 0 Å². The lowest BCUT2D eigenvalue weighted by Gasteiger charge is -2.11. The fourth-order valence-electron chi connectivity index (χ4n) is 1.63. The first-order valence-corrected chi connectivity index (χ1v) is 5.63. The minimum Gasteiger partial charge on any atom is -0.383 e. The van der Waals surface area contributed by atoms with Crippen LogP contribution in [-0.4, -0.2) is 25.5 Å². The van der Waals surface area contributed by atoms with Crippen molar-refractivity contribution in [3.05, 3.63) is 24.0 Å². The van der Waals surface area contributed by atoms with Crippen LogP contribution in [-0.2, 0) is 7.05 Å². The zero-order valence-corrected chi connectivity index (χ0v) is 10.6. The molecule has 2 rings (SSSR count). The van der Waals surface area contributed by atoms with Crippen LogP contribution >= 0.6 is 0 Å². The van der Waals surface area contributed by atoms with E-state index in [4.69, 9.17) is 5.73 Å². The molecule has 0 radical (unpaired) electrons. The third kappa shape index (κ3) is 2.06. The third-order valence-electron chi connectivity index (χ3n) is 2.63. The van der Waals surface area contributed by atoms with E-state index >= 15 is 0 Å². The molecule has 0 fully saturated rings. The molecule has 0 atom stereocenters. The lowest BCUT2D eigenvalue weighted by atomic mass is 10.3. The number of nitrogen functional groups attached to an aromatic ring is 1. The molecule has 3 N–H and O–H groups in total. The van der Waals surface area contributed by atoms with Crippen LogP contribution in [0.3, 0.4) is 0 Å². The summed E-state index contributed by atoms with van der Waals surface area (Å²) in [6.45, 7) is 3.97. The van der Waals surface area contributed by atoms with E-state index in [-0.39, 0.29) is 11.9 Å². The summed E-state index contributed by atoms with van der Waals surface area (Å²) in [4.78, 5) is 12.0. The predicted molar refractivity (Wildman–Crippen MR) is 68.2 cm³/mol. The van der Waals surface area contributed by atoms with Crippen molar-refractivity contribution in [1.82, 2.24) is 19.6 Å². The Kier molecular flexibility index (Phi) is 3.05. The van der Waals surface area contributed by atoms with Crippen LogP contribution in [0.1, 0.15) is 30.2 Å². The highest BCUT2D eigenvalue weighted by Gasteiger charge is 2.16. The van der Waals surface area contributed by atoms with E-state index in [1.807, 2.05) is 13.8 Å². The fourth-order valence-corrected chi connectivity index (χ4v) is 1.63. The maximum absolute atomic E-state index is 12.0.